The van der Waals surface area contributed by atoms with Crippen LogP contribution in [-0.4, -0.2) is 43.0 Å². The number of anilines is 2. The molecule has 168 valence electrons. The van der Waals surface area contributed by atoms with Crippen LogP contribution in [0.4, 0.5) is 11.5 Å². The number of likely N-dealkylation sites (N-methyl/N-ethyl adjacent to an activating group) is 1. The van der Waals surface area contributed by atoms with Gasteiger partial charge >= 0.3 is 0 Å². The fraction of sp³-hybridized carbons (Fsp3) is 0.458. The zero-order valence-corrected chi connectivity index (χ0v) is 19.2. The van der Waals surface area contributed by atoms with Crippen LogP contribution in [0.5, 0.6) is 0 Å². The van der Waals surface area contributed by atoms with Crippen molar-refractivity contribution >= 4 is 23.3 Å². The highest BCUT2D eigenvalue weighted by Crippen LogP contribution is 2.35. The Morgan fingerprint density at radius 2 is 1.97 bits per heavy atom. The highest BCUT2D eigenvalue weighted by atomic mass is 16.2. The van der Waals surface area contributed by atoms with Gasteiger partial charge in [-0.2, -0.15) is 0 Å². The monoisotopic (exact) mass is 425 g/mol. The average molecular weight is 426 g/mol. The maximum Gasteiger partial charge on any atom is 0.251 e. The highest BCUT2D eigenvalue weighted by molar-refractivity contribution is 5.97. The van der Waals surface area contributed by atoms with Gasteiger partial charge in [0.05, 0.1) is 0 Å². The third-order valence-electron chi connectivity index (χ3n) is 5.46. The third kappa shape index (κ3) is 6.52. The first-order valence-electron chi connectivity index (χ1n) is 10.8. The Hall–Kier alpha value is -2.93. The Labute approximate surface area is 185 Å². The van der Waals surface area contributed by atoms with Gasteiger partial charge in [-0.3, -0.25) is 9.59 Å². The number of pyridine rings is 1. The molecule has 3 rings (SSSR count). The predicted octanol–water partition coefficient (Wildman–Crippen LogP) is 2.93. The molecular weight excluding hydrogens is 390 g/mol. The van der Waals surface area contributed by atoms with Crippen molar-refractivity contribution < 1.29 is 9.59 Å². The lowest BCUT2D eigenvalue weighted by Gasteiger charge is -2.40. The van der Waals surface area contributed by atoms with Crippen molar-refractivity contribution in [3.8, 4) is 0 Å². The maximum atomic E-state index is 12.2. The van der Waals surface area contributed by atoms with Gasteiger partial charge in [-0.25, -0.2) is 4.98 Å². The normalized spacial score (nSPS) is 17.3. The van der Waals surface area contributed by atoms with Crippen LogP contribution in [0.3, 0.4) is 0 Å². The Morgan fingerprint density at radius 1 is 1.23 bits per heavy atom. The summed E-state index contributed by atoms with van der Waals surface area (Å²) >= 11 is 0. The number of nitrogens with one attached hydrogen (secondary N) is 2. The number of nitrogen functional groups attached to an aromatic ring is 1. The Kier molecular flexibility index (Phi) is 9.00. The van der Waals surface area contributed by atoms with Gasteiger partial charge in [0, 0.05) is 43.0 Å². The van der Waals surface area contributed by atoms with Crippen LogP contribution in [0.15, 0.2) is 36.4 Å². The first-order valence-corrected chi connectivity index (χ1v) is 10.8. The van der Waals surface area contributed by atoms with Crippen LogP contribution in [0.25, 0.3) is 0 Å². The first kappa shape index (κ1) is 24.3. The number of hydrogen-bond acceptors (Lipinski definition) is 5. The van der Waals surface area contributed by atoms with E-state index in [1.165, 1.54) is 0 Å². The number of carbonyl (C=O) groups excluding carboxylic acids is 2. The van der Waals surface area contributed by atoms with Crippen LogP contribution in [0.1, 0.15) is 48.8 Å². The lowest BCUT2D eigenvalue weighted by atomic mass is 9.84. The zero-order valence-electron chi connectivity index (χ0n) is 19.2. The van der Waals surface area contributed by atoms with E-state index < -0.39 is 0 Å². The molecule has 7 heteroatoms. The molecular formula is C24H35N5O2. The average Bonchev–Trinajstić information content (AvgIpc) is 2.72. The second kappa shape index (κ2) is 11.5. The van der Waals surface area contributed by atoms with Crippen LogP contribution in [-0.2, 0) is 11.2 Å². The number of fused-ring (bicyclic) bond motifs is 1. The zero-order chi connectivity index (χ0) is 23.0. The second-order valence-corrected chi connectivity index (χ2v) is 7.95. The minimum atomic E-state index is -0.0670. The number of aryl methyl sites for hydroxylation is 1. The van der Waals surface area contributed by atoms with Crippen molar-refractivity contribution in [1.29, 1.82) is 0 Å². The SMILES string of the molecule is CC[C@H]1C(C)Cc2cc(C(=O)NCCNC)ccc2N1C(C)=O.Cc1cccc(N)n1. The van der Waals surface area contributed by atoms with E-state index in [2.05, 4.69) is 29.5 Å². The molecule has 1 aromatic carbocycles. The molecule has 2 heterocycles. The molecule has 0 spiro atoms. The lowest BCUT2D eigenvalue weighted by molar-refractivity contribution is -0.117. The molecule has 1 aliphatic rings. The van der Waals surface area contributed by atoms with E-state index in [1.54, 1.807) is 13.0 Å². The van der Waals surface area contributed by atoms with Crippen LogP contribution >= 0.6 is 0 Å². The Balaban J connectivity index is 0.000000357. The van der Waals surface area contributed by atoms with E-state index in [9.17, 15) is 9.59 Å². The van der Waals surface area contributed by atoms with Gasteiger partial charge in [-0.15, -0.1) is 0 Å². The molecule has 7 nitrogen and oxygen atoms in total. The largest absolute Gasteiger partial charge is 0.384 e. The summed E-state index contributed by atoms with van der Waals surface area (Å²) in [6, 6.07) is 11.5. The van der Waals surface area contributed by atoms with Crippen LogP contribution < -0.4 is 21.3 Å². The van der Waals surface area contributed by atoms with E-state index >= 15 is 0 Å². The lowest BCUT2D eigenvalue weighted by Crippen LogP contribution is -2.46. The summed E-state index contributed by atoms with van der Waals surface area (Å²) in [5.41, 5.74) is 9.00. The molecule has 0 saturated heterocycles. The first-order chi connectivity index (χ1) is 14.8. The quantitative estimate of drug-likeness (QED) is 0.640. The minimum Gasteiger partial charge on any atom is -0.384 e. The number of carbonyl (C=O) groups is 2. The summed E-state index contributed by atoms with van der Waals surface area (Å²) in [7, 11) is 1.85. The predicted molar refractivity (Wildman–Crippen MR) is 126 cm³/mol. The molecule has 2 aromatic rings. The number of aromatic nitrogens is 1. The van der Waals surface area contributed by atoms with E-state index in [4.69, 9.17) is 5.73 Å². The van der Waals surface area contributed by atoms with Crippen molar-refractivity contribution in [2.45, 2.75) is 46.6 Å². The van der Waals surface area contributed by atoms with Crippen LogP contribution in [0.2, 0.25) is 0 Å². The minimum absolute atomic E-state index is 0.0656. The number of benzene rings is 1. The topological polar surface area (TPSA) is 100 Å². The number of nitrogens with two attached hydrogens (primary N) is 1. The number of hydrogen-bond donors (Lipinski definition) is 3. The summed E-state index contributed by atoms with van der Waals surface area (Å²) in [6.07, 6.45) is 1.84. The summed E-state index contributed by atoms with van der Waals surface area (Å²) < 4.78 is 0. The fourth-order valence-electron chi connectivity index (χ4n) is 4.00. The van der Waals surface area contributed by atoms with Crippen molar-refractivity contribution in [3.63, 3.8) is 0 Å². The molecule has 0 aliphatic carbocycles. The van der Waals surface area contributed by atoms with Gasteiger partial charge in [0.1, 0.15) is 5.82 Å². The van der Waals surface area contributed by atoms with Gasteiger partial charge in [-0.1, -0.05) is 19.9 Å². The van der Waals surface area contributed by atoms with E-state index in [-0.39, 0.29) is 17.9 Å². The van der Waals surface area contributed by atoms with E-state index in [1.807, 2.05) is 49.2 Å². The maximum absolute atomic E-state index is 12.2. The summed E-state index contributed by atoms with van der Waals surface area (Å²) in [5.74, 6) is 0.975. The summed E-state index contributed by atoms with van der Waals surface area (Å²) in [4.78, 5) is 30.2. The molecule has 0 radical (unpaired) electrons. The molecule has 2 atom stereocenters. The molecule has 0 bridgehead atoms. The number of nitrogens with zero attached hydrogens (tertiary/aromatic N) is 2. The van der Waals surface area contributed by atoms with E-state index in [0.717, 1.165) is 36.3 Å². The van der Waals surface area contributed by atoms with Gasteiger partial charge in [0.25, 0.3) is 5.91 Å². The second-order valence-electron chi connectivity index (χ2n) is 7.95. The molecule has 1 unspecified atom stereocenters. The van der Waals surface area contributed by atoms with Crippen molar-refractivity contribution in [2.24, 2.45) is 5.92 Å². The Bertz CT molecular complexity index is 882. The fourth-order valence-corrected chi connectivity index (χ4v) is 4.00. The van der Waals surface area contributed by atoms with Crippen LogP contribution in [0, 0.1) is 12.8 Å². The highest BCUT2D eigenvalue weighted by Gasteiger charge is 2.33. The van der Waals surface area contributed by atoms with Crippen molar-refractivity contribution in [3.05, 3.63) is 53.2 Å². The third-order valence-corrected chi connectivity index (χ3v) is 5.46. The Morgan fingerprint density at radius 3 is 2.52 bits per heavy atom. The summed E-state index contributed by atoms with van der Waals surface area (Å²) in [6.45, 7) is 9.15. The van der Waals surface area contributed by atoms with E-state index in [0.29, 0.717) is 23.8 Å². The molecule has 2 amide bonds. The van der Waals surface area contributed by atoms with Gasteiger partial charge in [0.2, 0.25) is 5.91 Å². The molecule has 4 N–H and O–H groups in total. The molecule has 31 heavy (non-hydrogen) atoms. The van der Waals surface area contributed by atoms with Gasteiger partial charge in [-0.05, 0) is 68.6 Å². The summed E-state index contributed by atoms with van der Waals surface area (Å²) in [5, 5.41) is 5.89. The number of rotatable bonds is 5. The van der Waals surface area contributed by atoms with Crippen molar-refractivity contribution in [1.82, 2.24) is 15.6 Å². The molecule has 1 aromatic heterocycles. The molecule has 0 fully saturated rings. The van der Waals surface area contributed by atoms with Gasteiger partial charge in [0.15, 0.2) is 0 Å². The van der Waals surface area contributed by atoms with Crippen molar-refractivity contribution in [2.75, 3.05) is 30.8 Å². The van der Waals surface area contributed by atoms with Gasteiger partial charge < -0.3 is 21.3 Å². The molecule has 1 aliphatic heterocycles. The standard InChI is InChI=1S/C18H27N3O2.C6H8N2/c1-5-16-12(2)10-15-11-14(18(23)20-9-8-19-4)6-7-17(15)21(16)13(3)22;1-5-3-2-4-6(7)8-5/h6-7,11-12,16,19H,5,8-10H2,1-4H3,(H,20,23);2-4H,1H3,(H2,7,8)/t12?,16-;/m0./s1. The molecule has 0 saturated carbocycles. The smallest absolute Gasteiger partial charge is 0.251 e. The number of amides is 2.